The van der Waals surface area contributed by atoms with Gasteiger partial charge in [0.25, 0.3) is 0 Å². The maximum absolute atomic E-state index is 12.9. The summed E-state index contributed by atoms with van der Waals surface area (Å²) in [5.74, 6) is 1.42. The van der Waals surface area contributed by atoms with Crippen molar-refractivity contribution < 1.29 is 14.3 Å². The Bertz CT molecular complexity index is 840. The van der Waals surface area contributed by atoms with E-state index in [1.807, 2.05) is 35.2 Å². The quantitative estimate of drug-likeness (QED) is 0.862. The number of amides is 2. The molecule has 0 spiro atoms. The van der Waals surface area contributed by atoms with Crippen molar-refractivity contribution in [2.75, 3.05) is 26.1 Å². The zero-order chi connectivity index (χ0) is 19.6. The maximum Gasteiger partial charge on any atom is 0.322 e. The fraction of sp³-hybridized carbons (Fsp3) is 0.409. The van der Waals surface area contributed by atoms with Gasteiger partial charge in [-0.2, -0.15) is 0 Å². The zero-order valence-corrected chi connectivity index (χ0v) is 16.8. The lowest BCUT2D eigenvalue weighted by atomic mass is 9.86. The van der Waals surface area contributed by atoms with Gasteiger partial charge in [0, 0.05) is 18.8 Å². The highest BCUT2D eigenvalue weighted by molar-refractivity contribution is 5.90. The van der Waals surface area contributed by atoms with Gasteiger partial charge in [0.1, 0.15) is 0 Å². The molecule has 2 aromatic carbocycles. The molecule has 5 heteroatoms. The second kappa shape index (κ2) is 7.51. The molecule has 0 bridgehead atoms. The van der Waals surface area contributed by atoms with E-state index in [-0.39, 0.29) is 11.4 Å². The van der Waals surface area contributed by atoms with Crippen LogP contribution in [0.5, 0.6) is 11.5 Å². The molecule has 1 aliphatic heterocycles. The number of anilines is 1. The topological polar surface area (TPSA) is 50.8 Å². The number of hydrogen-bond acceptors (Lipinski definition) is 3. The number of rotatable bonds is 3. The summed E-state index contributed by atoms with van der Waals surface area (Å²) in [5.41, 5.74) is 4.25. The molecular weight excluding hydrogens is 340 g/mol. The van der Waals surface area contributed by atoms with E-state index in [2.05, 4.69) is 32.2 Å². The number of fused-ring (bicyclic) bond motifs is 1. The lowest BCUT2D eigenvalue weighted by molar-refractivity contribution is 0.206. The molecule has 144 valence electrons. The minimum atomic E-state index is -0.0767. The third kappa shape index (κ3) is 4.02. The number of benzene rings is 2. The van der Waals surface area contributed by atoms with Gasteiger partial charge in [0.15, 0.2) is 11.5 Å². The van der Waals surface area contributed by atoms with E-state index in [1.54, 1.807) is 14.2 Å². The van der Waals surface area contributed by atoms with Crippen LogP contribution >= 0.6 is 0 Å². The molecule has 0 unspecified atom stereocenters. The van der Waals surface area contributed by atoms with Gasteiger partial charge in [-0.05, 0) is 46.7 Å². The minimum Gasteiger partial charge on any atom is -0.493 e. The fourth-order valence-corrected chi connectivity index (χ4v) is 3.50. The largest absolute Gasteiger partial charge is 0.493 e. The summed E-state index contributed by atoms with van der Waals surface area (Å²) in [6, 6.07) is 11.9. The molecule has 1 heterocycles. The van der Waals surface area contributed by atoms with Gasteiger partial charge in [0.2, 0.25) is 0 Å². The smallest absolute Gasteiger partial charge is 0.322 e. The summed E-state index contributed by atoms with van der Waals surface area (Å²) >= 11 is 0. The highest BCUT2D eigenvalue weighted by atomic mass is 16.5. The molecule has 2 aromatic rings. The second-order valence-electron chi connectivity index (χ2n) is 7.87. The highest BCUT2D eigenvalue weighted by Crippen LogP contribution is 2.34. The Hall–Kier alpha value is -2.69. The van der Waals surface area contributed by atoms with E-state index in [9.17, 15) is 4.79 Å². The van der Waals surface area contributed by atoms with Gasteiger partial charge in [0.05, 0.1) is 14.2 Å². The van der Waals surface area contributed by atoms with Gasteiger partial charge < -0.3 is 19.7 Å². The molecule has 0 saturated heterocycles. The number of hydrogen-bond donors (Lipinski definition) is 1. The summed E-state index contributed by atoms with van der Waals surface area (Å²) in [7, 11) is 3.26. The van der Waals surface area contributed by atoms with Crippen LogP contribution < -0.4 is 14.8 Å². The van der Waals surface area contributed by atoms with Crippen molar-refractivity contribution in [3.63, 3.8) is 0 Å². The molecule has 0 aromatic heterocycles. The van der Waals surface area contributed by atoms with Crippen LogP contribution in [0.2, 0.25) is 0 Å². The summed E-state index contributed by atoms with van der Waals surface area (Å²) in [6.07, 6.45) is 0.796. The van der Waals surface area contributed by atoms with Gasteiger partial charge in [-0.25, -0.2) is 4.79 Å². The molecule has 0 fully saturated rings. The molecule has 0 atom stereocenters. The van der Waals surface area contributed by atoms with Crippen LogP contribution in [-0.4, -0.2) is 31.7 Å². The minimum absolute atomic E-state index is 0.0394. The Labute approximate surface area is 161 Å². The van der Waals surface area contributed by atoms with Crippen molar-refractivity contribution >= 4 is 11.7 Å². The lowest BCUT2D eigenvalue weighted by Crippen LogP contribution is -2.39. The Morgan fingerprint density at radius 1 is 1.04 bits per heavy atom. The predicted molar refractivity (Wildman–Crippen MR) is 108 cm³/mol. The van der Waals surface area contributed by atoms with E-state index < -0.39 is 0 Å². The predicted octanol–water partition coefficient (Wildman–Crippen LogP) is 4.59. The molecule has 27 heavy (non-hydrogen) atoms. The molecule has 5 nitrogen and oxygen atoms in total. The first-order valence-corrected chi connectivity index (χ1v) is 9.22. The van der Waals surface area contributed by atoms with E-state index in [4.69, 9.17) is 9.47 Å². The SMILES string of the molecule is COc1cc2c(cc1OC)CN(C(=O)Nc1ccccc1C(C)(C)C)CC2. The fourth-order valence-electron chi connectivity index (χ4n) is 3.50. The van der Waals surface area contributed by atoms with E-state index in [0.29, 0.717) is 18.8 Å². The van der Waals surface area contributed by atoms with Crippen molar-refractivity contribution in [1.29, 1.82) is 0 Å². The number of urea groups is 1. The summed E-state index contributed by atoms with van der Waals surface area (Å²) in [5, 5.41) is 3.10. The van der Waals surface area contributed by atoms with Crippen molar-refractivity contribution in [2.45, 2.75) is 39.2 Å². The third-order valence-corrected chi connectivity index (χ3v) is 4.98. The first-order chi connectivity index (χ1) is 12.8. The van der Waals surface area contributed by atoms with Crippen LogP contribution in [0.15, 0.2) is 36.4 Å². The Morgan fingerprint density at radius 2 is 1.67 bits per heavy atom. The molecule has 1 N–H and O–H groups in total. The maximum atomic E-state index is 12.9. The normalized spacial score (nSPS) is 13.7. The monoisotopic (exact) mass is 368 g/mol. The summed E-state index contributed by atoms with van der Waals surface area (Å²) in [6.45, 7) is 7.67. The zero-order valence-electron chi connectivity index (χ0n) is 16.8. The molecule has 1 aliphatic rings. The standard InChI is InChI=1S/C22H28N2O3/c1-22(2,3)17-8-6-7-9-18(17)23-21(25)24-11-10-15-12-19(26-4)20(27-5)13-16(15)14-24/h6-9,12-13H,10-11,14H2,1-5H3,(H,23,25). The van der Waals surface area contributed by atoms with Crippen molar-refractivity contribution in [2.24, 2.45) is 0 Å². The average Bonchev–Trinajstić information content (AvgIpc) is 2.65. The number of methoxy groups -OCH3 is 2. The number of nitrogens with one attached hydrogen (secondary N) is 1. The van der Waals surface area contributed by atoms with Gasteiger partial charge in [-0.15, -0.1) is 0 Å². The number of nitrogens with zero attached hydrogens (tertiary/aromatic N) is 1. The number of para-hydroxylation sites is 1. The van der Waals surface area contributed by atoms with E-state index in [0.717, 1.165) is 29.0 Å². The van der Waals surface area contributed by atoms with Crippen LogP contribution in [-0.2, 0) is 18.4 Å². The first kappa shape index (κ1) is 19.1. The molecular formula is C22H28N2O3. The van der Waals surface area contributed by atoms with E-state index >= 15 is 0 Å². The molecule has 0 radical (unpaired) electrons. The molecule has 0 aliphatic carbocycles. The molecule has 3 rings (SSSR count). The highest BCUT2D eigenvalue weighted by Gasteiger charge is 2.24. The van der Waals surface area contributed by atoms with Crippen molar-refractivity contribution in [1.82, 2.24) is 4.90 Å². The summed E-state index contributed by atoms with van der Waals surface area (Å²) in [4.78, 5) is 14.7. The van der Waals surface area contributed by atoms with Crippen LogP contribution in [0.1, 0.15) is 37.5 Å². The third-order valence-electron chi connectivity index (χ3n) is 4.98. The Balaban J connectivity index is 1.79. The van der Waals surface area contributed by atoms with Gasteiger partial charge in [-0.3, -0.25) is 0 Å². The average molecular weight is 368 g/mol. The Kier molecular flexibility index (Phi) is 5.31. The van der Waals surface area contributed by atoms with Gasteiger partial charge in [-0.1, -0.05) is 39.0 Å². The second-order valence-corrected chi connectivity index (χ2v) is 7.87. The van der Waals surface area contributed by atoms with Gasteiger partial charge >= 0.3 is 6.03 Å². The number of ether oxygens (including phenoxy) is 2. The first-order valence-electron chi connectivity index (χ1n) is 9.22. The van der Waals surface area contributed by atoms with Crippen LogP contribution in [0.3, 0.4) is 0 Å². The van der Waals surface area contributed by atoms with Crippen LogP contribution in [0.4, 0.5) is 10.5 Å². The van der Waals surface area contributed by atoms with Crippen LogP contribution in [0.25, 0.3) is 0 Å². The Morgan fingerprint density at radius 3 is 2.30 bits per heavy atom. The number of carbonyl (C=O) groups is 1. The molecule has 2 amide bonds. The van der Waals surface area contributed by atoms with Crippen molar-refractivity contribution in [3.8, 4) is 11.5 Å². The van der Waals surface area contributed by atoms with Crippen molar-refractivity contribution in [3.05, 3.63) is 53.1 Å². The number of carbonyl (C=O) groups excluding carboxylic acids is 1. The van der Waals surface area contributed by atoms with Crippen LogP contribution in [0, 0.1) is 0 Å². The van der Waals surface area contributed by atoms with E-state index in [1.165, 1.54) is 5.56 Å². The molecule has 0 saturated carbocycles. The lowest BCUT2D eigenvalue weighted by Gasteiger charge is -2.31. The summed E-state index contributed by atoms with van der Waals surface area (Å²) < 4.78 is 10.8.